The van der Waals surface area contributed by atoms with Crippen LogP contribution in [-0.2, 0) is 9.53 Å². The molecule has 1 N–H and O–H groups in total. The molecule has 2 rings (SSSR count). The summed E-state index contributed by atoms with van der Waals surface area (Å²) in [5.41, 5.74) is 1.56. The molecule has 0 heterocycles. The van der Waals surface area contributed by atoms with Crippen LogP contribution in [0, 0.1) is 0 Å². The molecule has 0 aliphatic carbocycles. The smallest absolute Gasteiger partial charge is 0.449 e. The second kappa shape index (κ2) is 8.77. The minimum atomic E-state index is -4.82. The maximum absolute atomic E-state index is 12.3. The number of anilines is 1. The van der Waals surface area contributed by atoms with E-state index in [1.54, 1.807) is 12.1 Å². The van der Waals surface area contributed by atoms with E-state index in [0.29, 0.717) is 5.69 Å². The fourth-order valence-electron chi connectivity index (χ4n) is 2.42. The Hall–Kier alpha value is -3.03. The highest BCUT2D eigenvalue weighted by molar-refractivity contribution is 5.97. The lowest BCUT2D eigenvalue weighted by atomic mass is 10.0. The van der Waals surface area contributed by atoms with Crippen LogP contribution >= 0.6 is 0 Å². The maximum Gasteiger partial charge on any atom is 0.573 e. The van der Waals surface area contributed by atoms with Gasteiger partial charge >= 0.3 is 12.3 Å². The quantitative estimate of drug-likeness (QED) is 0.707. The summed E-state index contributed by atoms with van der Waals surface area (Å²) in [6, 6.07) is 11.5. The van der Waals surface area contributed by atoms with Gasteiger partial charge in [-0.25, -0.2) is 4.79 Å². The molecule has 0 aromatic heterocycles. The number of esters is 1. The highest BCUT2D eigenvalue weighted by Gasteiger charge is 2.31. The average molecular weight is 395 g/mol. The second-order valence-corrected chi connectivity index (χ2v) is 6.35. The number of halogens is 3. The van der Waals surface area contributed by atoms with Crippen molar-refractivity contribution in [2.75, 3.05) is 5.32 Å². The molecule has 8 heteroatoms. The van der Waals surface area contributed by atoms with Gasteiger partial charge in [0.2, 0.25) is 0 Å². The van der Waals surface area contributed by atoms with E-state index in [9.17, 15) is 22.8 Å². The number of nitrogens with one attached hydrogen (secondary N) is 1. The summed E-state index contributed by atoms with van der Waals surface area (Å²) < 4.78 is 45.3. The Labute approximate surface area is 160 Å². The molecule has 0 saturated carbocycles. The molecular weight excluding hydrogens is 375 g/mol. The van der Waals surface area contributed by atoms with E-state index in [4.69, 9.17) is 4.74 Å². The third kappa shape index (κ3) is 6.00. The first-order valence-corrected chi connectivity index (χ1v) is 8.53. The number of alkyl halides is 3. The lowest BCUT2D eigenvalue weighted by molar-refractivity contribution is -0.274. The van der Waals surface area contributed by atoms with Crippen LogP contribution in [0.3, 0.4) is 0 Å². The number of benzene rings is 2. The van der Waals surface area contributed by atoms with E-state index in [1.165, 1.54) is 6.92 Å². The number of ether oxygens (including phenoxy) is 2. The van der Waals surface area contributed by atoms with Crippen molar-refractivity contribution in [3.8, 4) is 5.75 Å². The first-order valence-electron chi connectivity index (χ1n) is 8.53. The van der Waals surface area contributed by atoms with Crippen molar-refractivity contribution >= 4 is 17.6 Å². The molecule has 2 aromatic rings. The molecule has 0 aliphatic rings. The van der Waals surface area contributed by atoms with Gasteiger partial charge in [0.15, 0.2) is 6.10 Å². The first kappa shape index (κ1) is 21.3. The van der Waals surface area contributed by atoms with Crippen molar-refractivity contribution in [1.82, 2.24) is 0 Å². The van der Waals surface area contributed by atoms with Gasteiger partial charge in [-0.05, 0) is 48.7 Å². The Morgan fingerprint density at radius 1 is 0.964 bits per heavy atom. The van der Waals surface area contributed by atoms with Gasteiger partial charge < -0.3 is 14.8 Å². The minimum Gasteiger partial charge on any atom is -0.449 e. The molecule has 150 valence electrons. The maximum atomic E-state index is 12.3. The van der Waals surface area contributed by atoms with Crippen LogP contribution in [0.25, 0.3) is 0 Å². The number of hydrogen-bond donors (Lipinski definition) is 1. The number of amides is 1. The SMILES string of the molecule is CC(C)c1ccccc1NC(=O)[C@H](C)OC(=O)c1ccc(OC(F)(F)F)cc1. The van der Waals surface area contributed by atoms with Crippen molar-refractivity contribution in [2.45, 2.75) is 39.2 Å². The van der Waals surface area contributed by atoms with Crippen molar-refractivity contribution in [3.05, 3.63) is 59.7 Å². The highest BCUT2D eigenvalue weighted by atomic mass is 19.4. The van der Waals surface area contributed by atoms with E-state index in [2.05, 4.69) is 10.1 Å². The minimum absolute atomic E-state index is 0.00300. The van der Waals surface area contributed by atoms with E-state index in [-0.39, 0.29) is 11.5 Å². The van der Waals surface area contributed by atoms with Crippen LogP contribution in [0.4, 0.5) is 18.9 Å². The molecule has 0 spiro atoms. The molecule has 2 aromatic carbocycles. The first-order chi connectivity index (χ1) is 13.1. The summed E-state index contributed by atoms with van der Waals surface area (Å²) in [7, 11) is 0. The number of carbonyl (C=O) groups excluding carboxylic acids is 2. The standard InChI is InChI=1S/C20H20F3NO4/c1-12(2)16-6-4-5-7-17(16)24-18(25)13(3)27-19(26)14-8-10-15(11-9-14)28-20(21,22)23/h4-13H,1-3H3,(H,24,25)/t13-/m0/s1. The molecule has 0 radical (unpaired) electrons. The molecule has 0 bridgehead atoms. The van der Waals surface area contributed by atoms with Gasteiger partial charge in [0.25, 0.3) is 5.91 Å². The topological polar surface area (TPSA) is 64.6 Å². The van der Waals surface area contributed by atoms with Gasteiger partial charge in [-0.3, -0.25) is 4.79 Å². The fourth-order valence-corrected chi connectivity index (χ4v) is 2.42. The van der Waals surface area contributed by atoms with E-state index < -0.39 is 30.1 Å². The summed E-state index contributed by atoms with van der Waals surface area (Å²) in [4.78, 5) is 24.4. The predicted octanol–water partition coefficient (Wildman–Crippen LogP) is 4.89. The normalized spacial score (nSPS) is 12.4. The van der Waals surface area contributed by atoms with Crippen LogP contribution in [0.1, 0.15) is 42.6 Å². The number of rotatable bonds is 6. The lowest BCUT2D eigenvalue weighted by Gasteiger charge is -2.17. The Morgan fingerprint density at radius 2 is 1.57 bits per heavy atom. The third-order valence-electron chi connectivity index (χ3n) is 3.82. The van der Waals surface area contributed by atoms with Gasteiger partial charge in [0.1, 0.15) is 5.75 Å². The van der Waals surface area contributed by atoms with Gasteiger partial charge in [-0.1, -0.05) is 32.0 Å². The van der Waals surface area contributed by atoms with E-state index in [0.717, 1.165) is 29.8 Å². The monoisotopic (exact) mass is 395 g/mol. The summed E-state index contributed by atoms with van der Waals surface area (Å²) >= 11 is 0. The van der Waals surface area contributed by atoms with Crippen molar-refractivity contribution in [2.24, 2.45) is 0 Å². The molecular formula is C20H20F3NO4. The molecule has 5 nitrogen and oxygen atoms in total. The summed E-state index contributed by atoms with van der Waals surface area (Å²) in [6.07, 6.45) is -5.92. The summed E-state index contributed by atoms with van der Waals surface area (Å²) in [6.45, 7) is 5.38. The molecule has 0 saturated heterocycles. The zero-order valence-corrected chi connectivity index (χ0v) is 15.5. The van der Waals surface area contributed by atoms with Crippen LogP contribution in [0.5, 0.6) is 5.75 Å². The highest BCUT2D eigenvalue weighted by Crippen LogP contribution is 2.25. The summed E-state index contributed by atoms with van der Waals surface area (Å²) in [5.74, 6) is -1.62. The molecule has 0 unspecified atom stereocenters. The van der Waals surface area contributed by atoms with Gasteiger partial charge in [-0.15, -0.1) is 13.2 Å². The average Bonchev–Trinajstić information content (AvgIpc) is 2.61. The predicted molar refractivity (Wildman–Crippen MR) is 97.2 cm³/mol. The molecule has 0 aliphatic heterocycles. The molecule has 1 amide bonds. The molecule has 1 atom stereocenters. The van der Waals surface area contributed by atoms with Gasteiger partial charge in [-0.2, -0.15) is 0 Å². The fraction of sp³-hybridized carbons (Fsp3) is 0.300. The van der Waals surface area contributed by atoms with Crippen LogP contribution in [0.15, 0.2) is 48.5 Å². The second-order valence-electron chi connectivity index (χ2n) is 6.35. The van der Waals surface area contributed by atoms with Crippen molar-refractivity contribution in [1.29, 1.82) is 0 Å². The lowest BCUT2D eigenvalue weighted by Crippen LogP contribution is -2.30. The van der Waals surface area contributed by atoms with Crippen molar-refractivity contribution in [3.63, 3.8) is 0 Å². The number of hydrogen-bond acceptors (Lipinski definition) is 4. The van der Waals surface area contributed by atoms with E-state index in [1.807, 2.05) is 26.0 Å². The van der Waals surface area contributed by atoms with Crippen LogP contribution in [-0.4, -0.2) is 24.3 Å². The number of carbonyl (C=O) groups is 2. The zero-order valence-electron chi connectivity index (χ0n) is 15.5. The Morgan fingerprint density at radius 3 is 2.14 bits per heavy atom. The Kier molecular flexibility index (Phi) is 6.66. The van der Waals surface area contributed by atoms with Gasteiger partial charge in [0, 0.05) is 5.69 Å². The number of para-hydroxylation sites is 1. The zero-order chi connectivity index (χ0) is 20.9. The van der Waals surface area contributed by atoms with Crippen LogP contribution < -0.4 is 10.1 Å². The van der Waals surface area contributed by atoms with Gasteiger partial charge in [0.05, 0.1) is 5.56 Å². The van der Waals surface area contributed by atoms with Crippen molar-refractivity contribution < 1.29 is 32.2 Å². The summed E-state index contributed by atoms with van der Waals surface area (Å²) in [5, 5.41) is 2.72. The molecule has 0 fully saturated rings. The van der Waals surface area contributed by atoms with Crippen LogP contribution in [0.2, 0.25) is 0 Å². The van der Waals surface area contributed by atoms with E-state index >= 15 is 0 Å². The Bertz CT molecular complexity index is 832. The Balaban J connectivity index is 1.99. The molecule has 28 heavy (non-hydrogen) atoms. The largest absolute Gasteiger partial charge is 0.573 e. The third-order valence-corrected chi connectivity index (χ3v) is 3.82.